The van der Waals surface area contributed by atoms with Crippen LogP contribution >= 0.6 is 0 Å². The minimum absolute atomic E-state index is 0.00200. The molecule has 1 amide bonds. The smallest absolute Gasteiger partial charge is 0.241 e. The molecule has 0 radical (unpaired) electrons. The van der Waals surface area contributed by atoms with E-state index in [4.69, 9.17) is 4.98 Å². The SMILES string of the molecule is Cc1c(-c2nccc3cnc(Nc4ccc(S(C)(=O)=O)cc4)cc23)ccc2c1cnn2CC(=O)NC1CCCCC1. The maximum atomic E-state index is 12.7. The van der Waals surface area contributed by atoms with E-state index < -0.39 is 9.84 Å². The average molecular weight is 569 g/mol. The Bertz CT molecular complexity index is 1860. The van der Waals surface area contributed by atoms with Crippen molar-refractivity contribution in [1.29, 1.82) is 0 Å². The second kappa shape index (κ2) is 10.9. The maximum Gasteiger partial charge on any atom is 0.241 e. The second-order valence-electron chi connectivity index (χ2n) is 10.7. The number of nitrogens with zero attached hydrogens (tertiary/aromatic N) is 4. The Kier molecular flexibility index (Phi) is 7.17. The van der Waals surface area contributed by atoms with E-state index in [0.29, 0.717) is 5.82 Å². The first-order chi connectivity index (χ1) is 19.8. The van der Waals surface area contributed by atoms with E-state index in [0.717, 1.165) is 57.0 Å². The summed E-state index contributed by atoms with van der Waals surface area (Å²) >= 11 is 0. The van der Waals surface area contributed by atoms with Gasteiger partial charge in [-0.1, -0.05) is 25.3 Å². The molecule has 1 aliphatic carbocycles. The van der Waals surface area contributed by atoms with E-state index in [2.05, 4.69) is 27.6 Å². The molecule has 0 bridgehead atoms. The molecule has 0 aliphatic heterocycles. The standard InChI is InChI=1S/C31H32N6O3S/c1-20-25(12-13-28-27(20)18-34-37(28)19-30(38)36-22-6-4-3-5-7-22)31-26-16-29(33-17-21(26)14-15-32-31)35-23-8-10-24(11-9-23)41(2,39)40/h8-18,22H,3-7,19H2,1-2H3,(H,33,35)(H,36,38). The molecule has 41 heavy (non-hydrogen) atoms. The number of aromatic nitrogens is 4. The Morgan fingerprint density at radius 2 is 1.76 bits per heavy atom. The molecule has 10 heteroatoms. The molecule has 0 spiro atoms. The van der Waals surface area contributed by atoms with E-state index in [1.807, 2.05) is 30.5 Å². The molecule has 3 aromatic heterocycles. The van der Waals surface area contributed by atoms with Gasteiger partial charge in [-0.25, -0.2) is 13.4 Å². The van der Waals surface area contributed by atoms with Crippen LogP contribution in [-0.2, 0) is 21.2 Å². The fourth-order valence-electron chi connectivity index (χ4n) is 5.61. The lowest BCUT2D eigenvalue weighted by Crippen LogP contribution is -2.38. The third-order valence-electron chi connectivity index (χ3n) is 7.82. The maximum absolute atomic E-state index is 12.7. The molecular formula is C31H32N6O3S. The second-order valence-corrected chi connectivity index (χ2v) is 12.8. The number of carbonyl (C=O) groups excluding carboxylic acids is 1. The van der Waals surface area contributed by atoms with E-state index in [9.17, 15) is 13.2 Å². The number of benzene rings is 2. The summed E-state index contributed by atoms with van der Waals surface area (Å²) in [5.41, 5.74) is 4.47. The Morgan fingerprint density at radius 3 is 2.51 bits per heavy atom. The summed E-state index contributed by atoms with van der Waals surface area (Å²) in [7, 11) is -3.27. The molecule has 1 fully saturated rings. The molecular weight excluding hydrogens is 536 g/mol. The number of amides is 1. The van der Waals surface area contributed by atoms with Gasteiger partial charge in [0, 0.05) is 52.1 Å². The lowest BCUT2D eigenvalue weighted by Gasteiger charge is -2.22. The van der Waals surface area contributed by atoms with Gasteiger partial charge in [0.1, 0.15) is 12.4 Å². The van der Waals surface area contributed by atoms with E-state index >= 15 is 0 Å². The fraction of sp³-hybridized carbons (Fsp3) is 0.290. The third-order valence-corrected chi connectivity index (χ3v) is 8.95. The highest BCUT2D eigenvalue weighted by Gasteiger charge is 2.18. The largest absolute Gasteiger partial charge is 0.352 e. The van der Waals surface area contributed by atoms with Crippen molar-refractivity contribution < 1.29 is 13.2 Å². The van der Waals surface area contributed by atoms with E-state index in [1.165, 1.54) is 25.5 Å². The highest BCUT2D eigenvalue weighted by atomic mass is 32.2. The number of rotatable bonds is 7. The lowest BCUT2D eigenvalue weighted by molar-refractivity contribution is -0.122. The predicted octanol–water partition coefficient (Wildman–Crippen LogP) is 5.55. The van der Waals surface area contributed by atoms with Gasteiger partial charge in [0.15, 0.2) is 9.84 Å². The summed E-state index contributed by atoms with van der Waals surface area (Å²) in [5, 5.41) is 13.8. The Balaban J connectivity index is 1.28. The van der Waals surface area contributed by atoms with Crippen molar-refractivity contribution in [3.63, 3.8) is 0 Å². The number of anilines is 2. The van der Waals surface area contributed by atoms with Crippen LogP contribution in [0.15, 0.2) is 72.0 Å². The van der Waals surface area contributed by atoms with Gasteiger partial charge in [0.25, 0.3) is 0 Å². The zero-order valence-corrected chi connectivity index (χ0v) is 23.9. The van der Waals surface area contributed by atoms with Gasteiger partial charge in [-0.3, -0.25) is 14.5 Å². The molecule has 1 aliphatic rings. The number of hydrogen-bond donors (Lipinski definition) is 2. The highest BCUT2D eigenvalue weighted by Crippen LogP contribution is 2.34. The van der Waals surface area contributed by atoms with Gasteiger partial charge in [-0.15, -0.1) is 0 Å². The number of nitrogens with one attached hydrogen (secondary N) is 2. The fourth-order valence-corrected chi connectivity index (χ4v) is 6.24. The Labute approximate surface area is 238 Å². The summed E-state index contributed by atoms with van der Waals surface area (Å²) < 4.78 is 25.3. The van der Waals surface area contributed by atoms with Crippen molar-refractivity contribution in [2.75, 3.05) is 11.6 Å². The summed E-state index contributed by atoms with van der Waals surface area (Å²) in [6.07, 6.45) is 12.3. The first-order valence-corrected chi connectivity index (χ1v) is 15.7. The molecule has 210 valence electrons. The molecule has 2 N–H and O–H groups in total. The van der Waals surface area contributed by atoms with Crippen molar-refractivity contribution in [3.8, 4) is 11.3 Å². The predicted molar refractivity (Wildman–Crippen MR) is 161 cm³/mol. The van der Waals surface area contributed by atoms with Crippen LogP contribution in [0, 0.1) is 6.92 Å². The molecule has 2 aromatic carbocycles. The lowest BCUT2D eigenvalue weighted by atomic mass is 9.95. The van der Waals surface area contributed by atoms with E-state index in [1.54, 1.807) is 41.3 Å². The van der Waals surface area contributed by atoms with Gasteiger partial charge in [0.2, 0.25) is 5.91 Å². The van der Waals surface area contributed by atoms with Gasteiger partial charge < -0.3 is 10.6 Å². The normalized spacial score (nSPS) is 14.4. The van der Waals surface area contributed by atoms with Gasteiger partial charge in [-0.05, 0) is 67.8 Å². The van der Waals surface area contributed by atoms with Gasteiger partial charge in [0.05, 0.1) is 22.3 Å². The number of carbonyl (C=O) groups is 1. The van der Waals surface area contributed by atoms with Crippen molar-refractivity contribution >= 4 is 48.9 Å². The first-order valence-electron chi connectivity index (χ1n) is 13.8. The number of fused-ring (bicyclic) bond motifs is 2. The quantitative estimate of drug-likeness (QED) is 0.264. The first kappa shape index (κ1) is 26.9. The molecule has 0 saturated heterocycles. The molecule has 3 heterocycles. The number of sulfone groups is 1. The third kappa shape index (κ3) is 5.65. The minimum atomic E-state index is -3.27. The van der Waals surface area contributed by atoms with Crippen LogP contribution in [-0.4, -0.2) is 46.4 Å². The molecule has 0 unspecified atom stereocenters. The summed E-state index contributed by atoms with van der Waals surface area (Å²) in [6, 6.07) is 14.8. The van der Waals surface area contributed by atoms with Crippen LogP contribution in [0.2, 0.25) is 0 Å². The van der Waals surface area contributed by atoms with Crippen LogP contribution in [0.3, 0.4) is 0 Å². The summed E-state index contributed by atoms with van der Waals surface area (Å²) in [4.78, 5) is 22.3. The Hall–Kier alpha value is -4.31. The number of aryl methyl sites for hydroxylation is 1. The Morgan fingerprint density at radius 1 is 0.976 bits per heavy atom. The van der Waals surface area contributed by atoms with E-state index in [-0.39, 0.29) is 23.4 Å². The molecule has 6 rings (SSSR count). The molecule has 9 nitrogen and oxygen atoms in total. The van der Waals surface area contributed by atoms with Crippen LogP contribution in [0.4, 0.5) is 11.5 Å². The monoisotopic (exact) mass is 568 g/mol. The zero-order chi connectivity index (χ0) is 28.6. The number of hydrogen-bond acceptors (Lipinski definition) is 7. The zero-order valence-electron chi connectivity index (χ0n) is 23.1. The topological polar surface area (TPSA) is 119 Å². The molecule has 5 aromatic rings. The van der Waals surface area contributed by atoms with Crippen LogP contribution in [0.1, 0.15) is 37.7 Å². The average Bonchev–Trinajstić information content (AvgIpc) is 3.36. The van der Waals surface area contributed by atoms with Crippen LogP contribution < -0.4 is 10.6 Å². The summed E-state index contributed by atoms with van der Waals surface area (Å²) in [6.45, 7) is 2.24. The van der Waals surface area contributed by atoms with Crippen molar-refractivity contribution in [3.05, 3.63) is 72.7 Å². The minimum Gasteiger partial charge on any atom is -0.352 e. The van der Waals surface area contributed by atoms with Crippen LogP contribution in [0.5, 0.6) is 0 Å². The molecule has 0 atom stereocenters. The van der Waals surface area contributed by atoms with Crippen molar-refractivity contribution in [2.24, 2.45) is 0 Å². The summed E-state index contributed by atoms with van der Waals surface area (Å²) in [5.74, 6) is 0.618. The molecule has 1 saturated carbocycles. The van der Waals surface area contributed by atoms with Gasteiger partial charge in [-0.2, -0.15) is 5.10 Å². The van der Waals surface area contributed by atoms with Crippen molar-refractivity contribution in [2.45, 2.75) is 56.5 Å². The highest BCUT2D eigenvalue weighted by molar-refractivity contribution is 7.90. The van der Waals surface area contributed by atoms with Gasteiger partial charge >= 0.3 is 0 Å². The number of pyridine rings is 2. The van der Waals surface area contributed by atoms with Crippen molar-refractivity contribution in [1.82, 2.24) is 25.1 Å². The van der Waals surface area contributed by atoms with Crippen LogP contribution in [0.25, 0.3) is 32.9 Å².